The molecule has 1 aromatic heterocycles. The Labute approximate surface area is 152 Å². The minimum absolute atomic E-state index is 0.119. The molecule has 4 rings (SSSR count). The lowest BCUT2D eigenvalue weighted by atomic mass is 10.1. The number of piperidine rings is 1. The molecule has 0 aliphatic carbocycles. The van der Waals surface area contributed by atoms with E-state index >= 15 is 0 Å². The SMILES string of the molecule is O=c1c2ccccc2ncn1[C@@H]1CCCN(S(=O)(=O)N2CCOCC2)C1. The van der Waals surface area contributed by atoms with Gasteiger partial charge in [0, 0.05) is 26.2 Å². The van der Waals surface area contributed by atoms with E-state index in [1.165, 1.54) is 8.61 Å². The van der Waals surface area contributed by atoms with Gasteiger partial charge in [0.25, 0.3) is 15.8 Å². The first-order valence-corrected chi connectivity index (χ1v) is 10.3. The van der Waals surface area contributed by atoms with Crippen molar-refractivity contribution in [2.24, 2.45) is 0 Å². The van der Waals surface area contributed by atoms with Crippen LogP contribution in [-0.4, -0.2) is 66.0 Å². The highest BCUT2D eigenvalue weighted by atomic mass is 32.2. The second kappa shape index (κ2) is 7.07. The van der Waals surface area contributed by atoms with Gasteiger partial charge < -0.3 is 4.74 Å². The molecular weight excluding hydrogens is 356 g/mol. The molecule has 1 aromatic carbocycles. The molecule has 9 heteroatoms. The maximum Gasteiger partial charge on any atom is 0.282 e. The number of hydrogen-bond donors (Lipinski definition) is 0. The lowest BCUT2D eigenvalue weighted by molar-refractivity contribution is 0.0691. The molecule has 1 atom stereocenters. The van der Waals surface area contributed by atoms with Crippen LogP contribution in [0.25, 0.3) is 10.9 Å². The quantitative estimate of drug-likeness (QED) is 0.781. The van der Waals surface area contributed by atoms with Crippen molar-refractivity contribution >= 4 is 21.1 Å². The molecule has 2 aromatic rings. The van der Waals surface area contributed by atoms with Crippen LogP contribution in [-0.2, 0) is 14.9 Å². The molecule has 0 bridgehead atoms. The van der Waals surface area contributed by atoms with E-state index in [0.29, 0.717) is 56.7 Å². The fourth-order valence-electron chi connectivity index (χ4n) is 3.64. The van der Waals surface area contributed by atoms with Gasteiger partial charge in [-0.25, -0.2) is 4.98 Å². The van der Waals surface area contributed by atoms with Crippen molar-refractivity contribution in [3.8, 4) is 0 Å². The average molecular weight is 378 g/mol. The molecule has 140 valence electrons. The third kappa shape index (κ3) is 3.16. The molecule has 2 aliphatic heterocycles. The van der Waals surface area contributed by atoms with Crippen LogP contribution in [0.15, 0.2) is 35.4 Å². The number of ether oxygens (including phenoxy) is 1. The number of para-hydroxylation sites is 1. The van der Waals surface area contributed by atoms with Crippen LogP contribution in [0.1, 0.15) is 18.9 Å². The summed E-state index contributed by atoms with van der Waals surface area (Å²) in [5.41, 5.74) is 0.536. The molecule has 0 saturated carbocycles. The normalized spacial score (nSPS) is 23.3. The van der Waals surface area contributed by atoms with Crippen molar-refractivity contribution < 1.29 is 13.2 Å². The number of fused-ring (bicyclic) bond motifs is 1. The zero-order chi connectivity index (χ0) is 18.1. The van der Waals surface area contributed by atoms with Gasteiger partial charge in [-0.05, 0) is 25.0 Å². The van der Waals surface area contributed by atoms with Gasteiger partial charge in [-0.15, -0.1) is 0 Å². The van der Waals surface area contributed by atoms with Crippen LogP contribution in [0.5, 0.6) is 0 Å². The summed E-state index contributed by atoms with van der Waals surface area (Å²) in [7, 11) is -3.53. The molecule has 0 amide bonds. The molecule has 0 radical (unpaired) electrons. The van der Waals surface area contributed by atoms with Crippen molar-refractivity contribution in [1.82, 2.24) is 18.2 Å². The van der Waals surface area contributed by atoms with Crippen molar-refractivity contribution in [2.45, 2.75) is 18.9 Å². The van der Waals surface area contributed by atoms with Crippen molar-refractivity contribution in [1.29, 1.82) is 0 Å². The summed E-state index contributed by atoms with van der Waals surface area (Å²) in [5, 5.41) is 0.558. The number of nitrogens with zero attached hydrogens (tertiary/aromatic N) is 4. The monoisotopic (exact) mass is 378 g/mol. The molecule has 2 aliphatic rings. The number of rotatable bonds is 3. The Morgan fingerprint density at radius 1 is 1.08 bits per heavy atom. The maximum atomic E-state index is 12.9. The Balaban J connectivity index is 1.61. The van der Waals surface area contributed by atoms with Crippen molar-refractivity contribution in [3.63, 3.8) is 0 Å². The van der Waals surface area contributed by atoms with Gasteiger partial charge in [-0.1, -0.05) is 12.1 Å². The topological polar surface area (TPSA) is 84.7 Å². The highest BCUT2D eigenvalue weighted by molar-refractivity contribution is 7.86. The minimum atomic E-state index is -3.53. The van der Waals surface area contributed by atoms with E-state index in [2.05, 4.69) is 4.98 Å². The highest BCUT2D eigenvalue weighted by Crippen LogP contribution is 2.24. The van der Waals surface area contributed by atoms with E-state index in [-0.39, 0.29) is 11.6 Å². The summed E-state index contributed by atoms with van der Waals surface area (Å²) < 4.78 is 35.6. The molecule has 0 N–H and O–H groups in total. The molecular formula is C17H22N4O4S. The number of aromatic nitrogens is 2. The second-order valence-electron chi connectivity index (χ2n) is 6.65. The van der Waals surface area contributed by atoms with E-state index < -0.39 is 10.2 Å². The Morgan fingerprint density at radius 2 is 1.85 bits per heavy atom. The Hall–Kier alpha value is -1.81. The van der Waals surface area contributed by atoms with Crippen LogP contribution >= 0.6 is 0 Å². The van der Waals surface area contributed by atoms with E-state index in [1.807, 2.05) is 12.1 Å². The lowest BCUT2D eigenvalue weighted by Crippen LogP contribution is -2.52. The lowest BCUT2D eigenvalue weighted by Gasteiger charge is -2.37. The van der Waals surface area contributed by atoms with Gasteiger partial charge in [0.05, 0.1) is 36.5 Å². The molecule has 3 heterocycles. The van der Waals surface area contributed by atoms with Crippen LogP contribution in [0.3, 0.4) is 0 Å². The van der Waals surface area contributed by atoms with Crippen LogP contribution in [0.2, 0.25) is 0 Å². The number of benzene rings is 1. The first-order valence-electron chi connectivity index (χ1n) is 8.86. The summed E-state index contributed by atoms with van der Waals surface area (Å²) in [4.78, 5) is 17.2. The molecule has 8 nitrogen and oxygen atoms in total. The van der Waals surface area contributed by atoms with Gasteiger partial charge in [-0.3, -0.25) is 9.36 Å². The van der Waals surface area contributed by atoms with Gasteiger partial charge in [0.1, 0.15) is 0 Å². The first-order chi connectivity index (χ1) is 12.6. The predicted octanol–water partition coefficient (Wildman–Crippen LogP) is 0.610. The fraction of sp³-hybridized carbons (Fsp3) is 0.529. The summed E-state index contributed by atoms with van der Waals surface area (Å²) in [6, 6.07) is 7.01. The number of morpholine rings is 1. The maximum absolute atomic E-state index is 12.9. The summed E-state index contributed by atoms with van der Waals surface area (Å²) in [6.07, 6.45) is 3.02. The Morgan fingerprint density at radius 3 is 2.65 bits per heavy atom. The highest BCUT2D eigenvalue weighted by Gasteiger charge is 2.35. The zero-order valence-corrected chi connectivity index (χ0v) is 15.3. The molecule has 2 fully saturated rings. The average Bonchev–Trinajstić information content (AvgIpc) is 2.69. The first kappa shape index (κ1) is 17.6. The summed E-state index contributed by atoms with van der Waals surface area (Å²) >= 11 is 0. The number of hydrogen-bond acceptors (Lipinski definition) is 5. The van der Waals surface area contributed by atoms with E-state index in [9.17, 15) is 13.2 Å². The van der Waals surface area contributed by atoms with Crippen LogP contribution in [0.4, 0.5) is 0 Å². The van der Waals surface area contributed by atoms with Gasteiger partial charge in [0.2, 0.25) is 0 Å². The Bertz CT molecular complexity index is 953. The molecule has 26 heavy (non-hydrogen) atoms. The van der Waals surface area contributed by atoms with Gasteiger partial charge >= 0.3 is 0 Å². The minimum Gasteiger partial charge on any atom is -0.379 e. The summed E-state index contributed by atoms with van der Waals surface area (Å²) in [5.74, 6) is 0. The standard InChI is InChI=1S/C17H22N4O4S/c22-17-15-5-1-2-6-16(15)18-13-21(17)14-4-3-7-20(12-14)26(23,24)19-8-10-25-11-9-19/h1-2,5-6,13-14H,3-4,7-12H2/t14-/m1/s1. The van der Waals surface area contributed by atoms with Gasteiger partial charge in [-0.2, -0.15) is 17.0 Å². The van der Waals surface area contributed by atoms with E-state index in [4.69, 9.17) is 4.74 Å². The fourth-order valence-corrected chi connectivity index (χ4v) is 5.30. The molecule has 0 unspecified atom stereocenters. The molecule has 2 saturated heterocycles. The third-order valence-corrected chi connectivity index (χ3v) is 7.07. The van der Waals surface area contributed by atoms with E-state index in [1.54, 1.807) is 23.0 Å². The van der Waals surface area contributed by atoms with Crippen LogP contribution in [0, 0.1) is 0 Å². The van der Waals surface area contributed by atoms with Crippen LogP contribution < -0.4 is 5.56 Å². The smallest absolute Gasteiger partial charge is 0.282 e. The van der Waals surface area contributed by atoms with Crippen molar-refractivity contribution in [3.05, 3.63) is 40.9 Å². The van der Waals surface area contributed by atoms with E-state index in [0.717, 1.165) is 6.42 Å². The predicted molar refractivity (Wildman–Crippen MR) is 97.2 cm³/mol. The van der Waals surface area contributed by atoms with Gasteiger partial charge in [0.15, 0.2) is 0 Å². The zero-order valence-electron chi connectivity index (χ0n) is 14.5. The summed E-state index contributed by atoms with van der Waals surface area (Å²) in [6.45, 7) is 2.36. The second-order valence-corrected chi connectivity index (χ2v) is 8.58. The Kier molecular flexibility index (Phi) is 4.78. The van der Waals surface area contributed by atoms with Crippen molar-refractivity contribution in [2.75, 3.05) is 39.4 Å². The largest absolute Gasteiger partial charge is 0.379 e. The molecule has 0 spiro atoms. The third-order valence-electron chi connectivity index (χ3n) is 5.07.